The summed E-state index contributed by atoms with van der Waals surface area (Å²) >= 11 is 0. The minimum Gasteiger partial charge on any atom is -0.302 e. The highest BCUT2D eigenvalue weighted by atomic mass is 32.3. The Morgan fingerprint density at radius 1 is 1.33 bits per heavy atom. The molecule has 0 heterocycles. The highest BCUT2D eigenvalue weighted by molar-refractivity contribution is 8.07. The lowest BCUT2D eigenvalue weighted by molar-refractivity contribution is 0.544. The highest BCUT2D eigenvalue weighted by Crippen LogP contribution is 2.05. The summed E-state index contributed by atoms with van der Waals surface area (Å²) < 4.78 is 46.0. The molecule has 0 rings (SSSR count). The molecular weight excluding hydrogens is 238 g/mol. The second-order valence-corrected chi connectivity index (χ2v) is 7.74. The second-order valence-electron chi connectivity index (χ2n) is 3.43. The number of rotatable bonds is 5. The van der Waals surface area contributed by atoms with Crippen molar-refractivity contribution in [3.63, 3.8) is 0 Å². The molecule has 0 aromatic carbocycles. The molecule has 2 atom stereocenters. The van der Waals surface area contributed by atoms with Crippen LogP contribution in [0.25, 0.3) is 0 Å². The molecule has 0 radical (unpaired) electrons. The lowest BCUT2D eigenvalue weighted by Crippen LogP contribution is -2.38. The fourth-order valence-electron chi connectivity index (χ4n) is 0.726. The van der Waals surface area contributed by atoms with Gasteiger partial charge in [-0.2, -0.15) is 0 Å². The molecule has 0 spiro atoms. The summed E-state index contributed by atoms with van der Waals surface area (Å²) in [5.41, 5.74) is 0. The minimum atomic E-state index is -3.72. The van der Waals surface area contributed by atoms with Crippen LogP contribution in [0.2, 0.25) is 0 Å². The van der Waals surface area contributed by atoms with E-state index < -0.39 is 25.3 Å². The molecule has 0 amide bonds. The van der Waals surface area contributed by atoms with E-state index in [1.807, 2.05) is 4.13 Å². The largest absolute Gasteiger partial charge is 0.302 e. The minimum absolute atomic E-state index is 0.231. The van der Waals surface area contributed by atoms with Crippen molar-refractivity contribution >= 4 is 24.9 Å². The Morgan fingerprint density at radius 2 is 1.80 bits per heavy atom. The number of nitrogens with one attached hydrogen (secondary N) is 1. The lowest BCUT2D eigenvalue weighted by Gasteiger charge is -2.14. The van der Waals surface area contributed by atoms with Gasteiger partial charge in [0.15, 0.2) is 9.99 Å². The molecular formula is C8H19NO4S2. The molecule has 0 bridgehead atoms. The molecule has 2 unspecified atom stereocenters. The van der Waals surface area contributed by atoms with Gasteiger partial charge in [0.05, 0.1) is 5.25 Å². The van der Waals surface area contributed by atoms with E-state index in [1.165, 1.54) is 13.8 Å². The van der Waals surface area contributed by atoms with Crippen molar-refractivity contribution in [2.45, 2.75) is 45.8 Å². The first-order valence-electron chi connectivity index (χ1n) is 4.78. The molecule has 0 aromatic rings. The van der Waals surface area contributed by atoms with Gasteiger partial charge in [0.2, 0.25) is 10.0 Å². The fraction of sp³-hybridized carbons (Fsp3) is 0.875. The Labute approximate surface area is 92.3 Å². The Bertz CT molecular complexity index is 418. The third-order valence-corrected chi connectivity index (χ3v) is 6.76. The Hall–Kier alpha value is -0.110. The van der Waals surface area contributed by atoms with Crippen LogP contribution in [-0.4, -0.2) is 27.3 Å². The maximum Gasteiger partial charge on any atom is 0.226 e. The Balaban J connectivity index is 5.16. The molecule has 0 aliphatic heterocycles. The van der Waals surface area contributed by atoms with Crippen molar-refractivity contribution in [2.75, 3.05) is 0 Å². The topological polar surface area (TPSA) is 83.5 Å². The monoisotopic (exact) mass is 257 g/mol. The van der Waals surface area contributed by atoms with Crippen molar-refractivity contribution in [2.24, 2.45) is 0 Å². The van der Waals surface area contributed by atoms with Gasteiger partial charge in [0.1, 0.15) is 0 Å². The molecule has 2 N–H and O–H groups in total. The highest BCUT2D eigenvalue weighted by Gasteiger charge is 2.23. The standard InChI is InChI=1S/C8H19NO4S2/c1-5-7(3)14(10,11)9-15(12,13)8(4)6-2/h7H,5-6H2,1-4H3,(H2,9,12,13). The van der Waals surface area contributed by atoms with Gasteiger partial charge < -0.3 is 4.55 Å². The first-order chi connectivity index (χ1) is 6.67. The lowest BCUT2D eigenvalue weighted by atomic mass is 10.4. The van der Waals surface area contributed by atoms with Crippen LogP contribution in [0.1, 0.15) is 40.5 Å². The molecule has 0 aliphatic rings. The van der Waals surface area contributed by atoms with E-state index in [1.54, 1.807) is 13.8 Å². The molecule has 7 heteroatoms. The summed E-state index contributed by atoms with van der Waals surface area (Å²) in [5, 5.41) is -0.671. The first-order valence-corrected chi connectivity index (χ1v) is 7.85. The van der Waals surface area contributed by atoms with Gasteiger partial charge in [0.25, 0.3) is 0 Å². The second kappa shape index (κ2) is 5.29. The summed E-state index contributed by atoms with van der Waals surface area (Å²) in [6.45, 7) is 6.36. The van der Waals surface area contributed by atoms with Crippen molar-refractivity contribution in [1.29, 1.82) is 0 Å². The average Bonchev–Trinajstić information content (AvgIpc) is 2.13. The van der Waals surface area contributed by atoms with Gasteiger partial charge >= 0.3 is 0 Å². The summed E-state index contributed by atoms with van der Waals surface area (Å²) in [6, 6.07) is 0. The van der Waals surface area contributed by atoms with E-state index >= 15 is 0 Å². The van der Waals surface area contributed by atoms with Crippen LogP contribution >= 0.6 is 0 Å². The summed E-state index contributed by atoms with van der Waals surface area (Å²) in [6.07, 6.45) is 0.758. The zero-order valence-corrected chi connectivity index (χ0v) is 11.1. The van der Waals surface area contributed by atoms with Gasteiger partial charge in [-0.05, 0) is 26.7 Å². The molecule has 0 fully saturated rings. The Kier molecular flexibility index (Phi) is 5.25. The molecule has 0 saturated heterocycles. The van der Waals surface area contributed by atoms with Crippen molar-refractivity contribution in [3.05, 3.63) is 0 Å². The zero-order valence-electron chi connectivity index (χ0n) is 9.48. The van der Waals surface area contributed by atoms with Gasteiger partial charge in [-0.1, -0.05) is 13.8 Å². The smallest absolute Gasteiger partial charge is 0.226 e. The van der Waals surface area contributed by atoms with E-state index in [0.717, 1.165) is 0 Å². The fourth-order valence-corrected chi connectivity index (χ4v) is 4.04. The van der Waals surface area contributed by atoms with Crippen LogP contribution in [0.5, 0.6) is 0 Å². The summed E-state index contributed by atoms with van der Waals surface area (Å²) in [4.78, 5) is 0.231. The van der Waals surface area contributed by atoms with Crippen molar-refractivity contribution < 1.29 is 17.2 Å². The molecule has 0 saturated carbocycles. The van der Waals surface area contributed by atoms with Gasteiger partial charge in [-0.15, -0.1) is 4.13 Å². The van der Waals surface area contributed by atoms with Crippen LogP contribution in [0.3, 0.4) is 0 Å². The summed E-state index contributed by atoms with van der Waals surface area (Å²) in [5.74, 6) is 0. The van der Waals surface area contributed by atoms with Gasteiger partial charge in [-0.3, -0.25) is 0 Å². The third-order valence-electron chi connectivity index (χ3n) is 2.30. The van der Waals surface area contributed by atoms with E-state index in [4.69, 9.17) is 0 Å². The molecule has 92 valence electrons. The van der Waals surface area contributed by atoms with Crippen LogP contribution in [0.4, 0.5) is 0 Å². The first kappa shape index (κ1) is 14.9. The molecule has 0 aromatic heterocycles. The predicted octanol–water partition coefficient (Wildman–Crippen LogP) is 0.979. The van der Waals surface area contributed by atoms with Crippen LogP contribution in [-0.2, 0) is 20.0 Å². The Morgan fingerprint density at radius 3 is 2.13 bits per heavy atom. The number of hydrogen-bond acceptors (Lipinski definition) is 3. The predicted molar refractivity (Wildman–Crippen MR) is 63.6 cm³/mol. The quantitative estimate of drug-likeness (QED) is 0.719. The van der Waals surface area contributed by atoms with E-state index in [-0.39, 0.29) is 4.86 Å². The molecule has 0 aliphatic carbocycles. The summed E-state index contributed by atoms with van der Waals surface area (Å²) in [7, 11) is -7.31. The average molecular weight is 257 g/mol. The zero-order chi connectivity index (χ0) is 12.3. The van der Waals surface area contributed by atoms with Gasteiger partial charge in [0, 0.05) is 4.86 Å². The van der Waals surface area contributed by atoms with Gasteiger partial charge in [-0.25, -0.2) is 12.6 Å². The maximum absolute atomic E-state index is 11.6. The number of hydrogen-bond donors (Lipinski definition) is 2. The SMILES string of the molecule is CCC(C)=S(=O)(O)NS(=O)(=O)C(C)CC. The van der Waals surface area contributed by atoms with E-state index in [9.17, 15) is 17.2 Å². The van der Waals surface area contributed by atoms with E-state index in [0.29, 0.717) is 12.8 Å². The number of sulfonamides is 1. The van der Waals surface area contributed by atoms with Crippen molar-refractivity contribution in [3.8, 4) is 0 Å². The molecule has 15 heavy (non-hydrogen) atoms. The van der Waals surface area contributed by atoms with Crippen molar-refractivity contribution in [1.82, 2.24) is 4.13 Å². The normalized spacial score (nSPS) is 18.2. The van der Waals surface area contributed by atoms with Crippen LogP contribution in [0, 0.1) is 0 Å². The third kappa shape index (κ3) is 4.10. The van der Waals surface area contributed by atoms with Crippen LogP contribution in [0.15, 0.2) is 0 Å². The van der Waals surface area contributed by atoms with Crippen LogP contribution < -0.4 is 4.13 Å². The molecule has 5 nitrogen and oxygen atoms in total. The van der Waals surface area contributed by atoms with E-state index in [2.05, 4.69) is 0 Å². The maximum atomic E-state index is 11.6.